The van der Waals surface area contributed by atoms with Gasteiger partial charge >= 0.3 is 0 Å². The van der Waals surface area contributed by atoms with E-state index in [-0.39, 0.29) is 5.56 Å². The number of hydrogen-bond donors (Lipinski definition) is 1. The van der Waals surface area contributed by atoms with Crippen LogP contribution in [0.4, 0.5) is 0 Å². The van der Waals surface area contributed by atoms with Gasteiger partial charge in [0, 0.05) is 12.3 Å². The van der Waals surface area contributed by atoms with Crippen LogP contribution in [0.3, 0.4) is 0 Å². The van der Waals surface area contributed by atoms with E-state index in [1.807, 2.05) is 0 Å². The summed E-state index contributed by atoms with van der Waals surface area (Å²) in [6.45, 7) is 3.02. The molecule has 70 valence electrons. The van der Waals surface area contributed by atoms with Gasteiger partial charge in [0.15, 0.2) is 0 Å². The summed E-state index contributed by atoms with van der Waals surface area (Å²) in [7, 11) is 0. The Morgan fingerprint density at radius 1 is 1.46 bits per heavy atom. The molecule has 2 rings (SSSR count). The van der Waals surface area contributed by atoms with Crippen LogP contribution in [0.25, 0.3) is 0 Å². The van der Waals surface area contributed by atoms with Gasteiger partial charge in [0.05, 0.1) is 6.54 Å². The summed E-state index contributed by atoms with van der Waals surface area (Å²) in [5.41, 5.74) is -0.0656. The Labute approximate surface area is 76.6 Å². The largest absolute Gasteiger partial charge is 0.309 e. The van der Waals surface area contributed by atoms with Gasteiger partial charge in [-0.1, -0.05) is 0 Å². The number of nitrogens with zero attached hydrogens (tertiary/aromatic N) is 2. The lowest BCUT2D eigenvalue weighted by atomic mass is 10.4. The smallest absolute Gasteiger partial charge is 0.250 e. The van der Waals surface area contributed by atoms with Gasteiger partial charge in [0.2, 0.25) is 0 Å². The highest BCUT2D eigenvalue weighted by atomic mass is 16.1. The topological polar surface area (TPSA) is 49.0 Å². The van der Waals surface area contributed by atoms with Crippen LogP contribution in [0, 0.1) is 0 Å². The van der Waals surface area contributed by atoms with Crippen molar-refractivity contribution in [1.82, 2.24) is 14.9 Å². The summed E-state index contributed by atoms with van der Waals surface area (Å²) >= 11 is 0. The van der Waals surface area contributed by atoms with E-state index in [9.17, 15) is 4.79 Å². The fourth-order valence-corrected chi connectivity index (χ4v) is 1.64. The Bertz CT molecular complexity index is 328. The highest BCUT2D eigenvalue weighted by Crippen LogP contribution is 2.08. The van der Waals surface area contributed by atoms with Gasteiger partial charge in [0.25, 0.3) is 5.56 Å². The van der Waals surface area contributed by atoms with Crippen LogP contribution >= 0.6 is 0 Å². The van der Waals surface area contributed by atoms with E-state index in [4.69, 9.17) is 0 Å². The predicted molar refractivity (Wildman–Crippen MR) is 49.4 cm³/mol. The Balaban J connectivity index is 2.04. The highest BCUT2D eigenvalue weighted by Gasteiger charge is 2.12. The average Bonchev–Trinajstić information content (AvgIpc) is 2.57. The zero-order valence-corrected chi connectivity index (χ0v) is 7.49. The second kappa shape index (κ2) is 3.70. The molecule has 1 N–H and O–H groups in total. The fourth-order valence-electron chi connectivity index (χ4n) is 1.64. The number of likely N-dealkylation sites (tertiary alicyclic amines) is 1. The molecular weight excluding hydrogens is 166 g/mol. The molecule has 0 aromatic carbocycles. The number of H-pyrrole nitrogens is 1. The Hall–Kier alpha value is -1.16. The molecule has 1 saturated heterocycles. The Kier molecular flexibility index (Phi) is 2.40. The van der Waals surface area contributed by atoms with Crippen molar-refractivity contribution in [3.05, 3.63) is 28.4 Å². The number of aromatic amines is 1. The monoisotopic (exact) mass is 179 g/mol. The summed E-state index contributed by atoms with van der Waals surface area (Å²) < 4.78 is 0. The lowest BCUT2D eigenvalue weighted by Crippen LogP contribution is -2.22. The first-order chi connectivity index (χ1) is 6.34. The minimum absolute atomic E-state index is 0.0656. The van der Waals surface area contributed by atoms with Gasteiger partial charge < -0.3 is 4.98 Å². The summed E-state index contributed by atoms with van der Waals surface area (Å²) in [5, 5.41) is 0. The van der Waals surface area contributed by atoms with Crippen LogP contribution in [0.1, 0.15) is 18.7 Å². The standard InChI is InChI=1S/C9H13N3O/c13-9-3-4-10-8(11-9)7-12-5-1-2-6-12/h3-4H,1-2,5-7H2,(H,10,11,13). The third-order valence-electron chi connectivity index (χ3n) is 2.30. The van der Waals surface area contributed by atoms with Gasteiger partial charge in [-0.3, -0.25) is 9.69 Å². The molecule has 1 aromatic rings. The molecule has 0 radical (unpaired) electrons. The van der Waals surface area contributed by atoms with Gasteiger partial charge in [-0.05, 0) is 25.9 Å². The van der Waals surface area contributed by atoms with Crippen LogP contribution in [0.15, 0.2) is 17.1 Å². The molecular formula is C9H13N3O. The van der Waals surface area contributed by atoms with Crippen molar-refractivity contribution >= 4 is 0 Å². The second-order valence-electron chi connectivity index (χ2n) is 3.36. The predicted octanol–water partition coefficient (Wildman–Crippen LogP) is 0.366. The van der Waals surface area contributed by atoms with Crippen LogP contribution in [0.5, 0.6) is 0 Å². The molecule has 13 heavy (non-hydrogen) atoms. The van der Waals surface area contributed by atoms with Crippen molar-refractivity contribution in [2.45, 2.75) is 19.4 Å². The maximum absolute atomic E-state index is 10.9. The van der Waals surface area contributed by atoms with Crippen molar-refractivity contribution in [1.29, 1.82) is 0 Å². The van der Waals surface area contributed by atoms with E-state index in [2.05, 4.69) is 14.9 Å². The van der Waals surface area contributed by atoms with Crippen molar-refractivity contribution in [3.8, 4) is 0 Å². The van der Waals surface area contributed by atoms with Crippen LogP contribution in [-0.2, 0) is 6.54 Å². The maximum Gasteiger partial charge on any atom is 0.250 e. The third kappa shape index (κ3) is 2.15. The summed E-state index contributed by atoms with van der Waals surface area (Å²) in [6.07, 6.45) is 4.08. The number of aromatic nitrogens is 2. The summed E-state index contributed by atoms with van der Waals surface area (Å²) in [4.78, 5) is 20.1. The van der Waals surface area contributed by atoms with Crippen molar-refractivity contribution in [3.63, 3.8) is 0 Å². The number of nitrogens with one attached hydrogen (secondary N) is 1. The first kappa shape index (κ1) is 8.44. The zero-order valence-electron chi connectivity index (χ0n) is 7.49. The van der Waals surface area contributed by atoms with Crippen molar-refractivity contribution in [2.24, 2.45) is 0 Å². The molecule has 4 nitrogen and oxygen atoms in total. The minimum Gasteiger partial charge on any atom is -0.309 e. The molecule has 0 amide bonds. The molecule has 2 heterocycles. The van der Waals surface area contributed by atoms with E-state index in [0.29, 0.717) is 0 Å². The summed E-state index contributed by atoms with van der Waals surface area (Å²) in [5.74, 6) is 0.773. The van der Waals surface area contributed by atoms with Gasteiger partial charge in [-0.2, -0.15) is 0 Å². The third-order valence-corrected chi connectivity index (χ3v) is 2.30. The first-order valence-electron chi connectivity index (χ1n) is 4.61. The maximum atomic E-state index is 10.9. The molecule has 0 aliphatic carbocycles. The zero-order chi connectivity index (χ0) is 9.10. The first-order valence-corrected chi connectivity index (χ1v) is 4.61. The molecule has 1 aliphatic heterocycles. The van der Waals surface area contributed by atoms with Crippen molar-refractivity contribution < 1.29 is 0 Å². The molecule has 1 fully saturated rings. The summed E-state index contributed by atoms with van der Waals surface area (Å²) in [6, 6.07) is 1.44. The van der Waals surface area contributed by atoms with Crippen LogP contribution < -0.4 is 5.56 Å². The number of hydrogen-bond acceptors (Lipinski definition) is 3. The normalized spacial score (nSPS) is 17.8. The van der Waals surface area contributed by atoms with E-state index in [1.54, 1.807) is 6.20 Å². The van der Waals surface area contributed by atoms with E-state index < -0.39 is 0 Å². The molecule has 1 aliphatic rings. The minimum atomic E-state index is -0.0656. The average molecular weight is 179 g/mol. The Morgan fingerprint density at radius 2 is 2.23 bits per heavy atom. The molecule has 4 heteroatoms. The van der Waals surface area contributed by atoms with E-state index >= 15 is 0 Å². The van der Waals surface area contributed by atoms with Crippen LogP contribution in [-0.4, -0.2) is 28.0 Å². The lowest BCUT2D eigenvalue weighted by molar-refractivity contribution is 0.322. The highest BCUT2D eigenvalue weighted by molar-refractivity contribution is 4.89. The van der Waals surface area contributed by atoms with Crippen molar-refractivity contribution in [2.75, 3.05) is 13.1 Å². The van der Waals surface area contributed by atoms with Gasteiger partial charge in [-0.25, -0.2) is 4.98 Å². The van der Waals surface area contributed by atoms with Gasteiger partial charge in [-0.15, -0.1) is 0 Å². The van der Waals surface area contributed by atoms with E-state index in [1.165, 1.54) is 18.9 Å². The molecule has 0 bridgehead atoms. The molecule has 0 unspecified atom stereocenters. The quantitative estimate of drug-likeness (QED) is 0.713. The van der Waals surface area contributed by atoms with Crippen LogP contribution in [0.2, 0.25) is 0 Å². The molecule has 0 atom stereocenters. The Morgan fingerprint density at radius 3 is 2.92 bits per heavy atom. The van der Waals surface area contributed by atoms with E-state index in [0.717, 1.165) is 25.5 Å². The molecule has 1 aromatic heterocycles. The molecule has 0 saturated carbocycles. The fraction of sp³-hybridized carbons (Fsp3) is 0.556. The molecule has 0 spiro atoms. The lowest BCUT2D eigenvalue weighted by Gasteiger charge is -2.12. The number of rotatable bonds is 2. The SMILES string of the molecule is O=c1ccnc(CN2CCCC2)[nH]1. The second-order valence-corrected chi connectivity index (χ2v) is 3.36. The van der Waals surface area contributed by atoms with Gasteiger partial charge in [0.1, 0.15) is 5.82 Å².